The summed E-state index contributed by atoms with van der Waals surface area (Å²) < 4.78 is 0. The maximum Gasteiger partial charge on any atom is 0.325 e. The van der Waals surface area contributed by atoms with Crippen molar-refractivity contribution in [3.05, 3.63) is 32.1 Å². The van der Waals surface area contributed by atoms with Gasteiger partial charge in [-0.2, -0.15) is 0 Å². The number of hydrogen-bond acceptors (Lipinski definition) is 4. The van der Waals surface area contributed by atoms with E-state index in [2.05, 4.69) is 9.97 Å². The molecule has 0 spiro atoms. The van der Waals surface area contributed by atoms with Crippen molar-refractivity contribution in [2.24, 2.45) is 0 Å². The third-order valence-electron chi connectivity index (χ3n) is 3.75. The monoisotopic (exact) mass is 281 g/mol. The van der Waals surface area contributed by atoms with Crippen molar-refractivity contribution in [1.82, 2.24) is 14.9 Å². The lowest BCUT2D eigenvalue weighted by Gasteiger charge is -2.23. The second-order valence-corrected chi connectivity index (χ2v) is 5.08. The molecule has 1 fully saturated rings. The first-order valence-electron chi connectivity index (χ1n) is 6.75. The Bertz CT molecular complexity index is 604. The summed E-state index contributed by atoms with van der Waals surface area (Å²) in [6.07, 6.45) is 2.20. The van der Waals surface area contributed by atoms with Crippen molar-refractivity contribution in [2.45, 2.75) is 38.6 Å². The average molecular weight is 281 g/mol. The van der Waals surface area contributed by atoms with E-state index in [4.69, 9.17) is 0 Å². The number of aliphatic hydroxyl groups is 1. The van der Waals surface area contributed by atoms with Gasteiger partial charge in [0.2, 0.25) is 5.91 Å². The largest absolute Gasteiger partial charge is 0.394 e. The predicted octanol–water partition coefficient (Wildman–Crippen LogP) is -0.712. The molecule has 0 aromatic carbocycles. The second kappa shape index (κ2) is 6.04. The molecule has 1 unspecified atom stereocenters. The minimum atomic E-state index is -0.539. The van der Waals surface area contributed by atoms with Crippen LogP contribution in [0.4, 0.5) is 0 Å². The normalized spacial score (nSPS) is 18.5. The number of H-pyrrole nitrogens is 2. The Labute approximate surface area is 115 Å². The fraction of sp³-hybridized carbons (Fsp3) is 0.615. The van der Waals surface area contributed by atoms with Gasteiger partial charge in [0.05, 0.1) is 12.6 Å². The number of aryl methyl sites for hydroxylation is 1. The predicted molar refractivity (Wildman–Crippen MR) is 72.6 cm³/mol. The first kappa shape index (κ1) is 14.5. The van der Waals surface area contributed by atoms with Crippen LogP contribution in [0.15, 0.2) is 9.59 Å². The molecule has 7 heteroatoms. The van der Waals surface area contributed by atoms with Gasteiger partial charge in [-0.3, -0.25) is 14.6 Å². The highest BCUT2D eigenvalue weighted by Crippen LogP contribution is 2.18. The standard InChI is InChI=1S/C13H19N3O4/c1-8-10(12(19)15-13(20)14-8)4-5-11(18)16-6-2-3-9(16)7-17/h9,17H,2-7H2,1H3,(H2,14,15,19,20). The van der Waals surface area contributed by atoms with Gasteiger partial charge in [0.1, 0.15) is 0 Å². The van der Waals surface area contributed by atoms with Crippen molar-refractivity contribution in [3.8, 4) is 0 Å². The maximum absolute atomic E-state index is 12.1. The van der Waals surface area contributed by atoms with Crippen LogP contribution in [-0.2, 0) is 11.2 Å². The summed E-state index contributed by atoms with van der Waals surface area (Å²) in [5.74, 6) is -0.0634. The third kappa shape index (κ3) is 2.98. The lowest BCUT2D eigenvalue weighted by molar-refractivity contribution is -0.132. The summed E-state index contributed by atoms with van der Waals surface area (Å²) in [6, 6.07) is -0.0996. The van der Waals surface area contributed by atoms with Crippen LogP contribution in [-0.4, -0.2) is 45.1 Å². The molecule has 2 rings (SSSR count). The number of aliphatic hydroxyl groups excluding tert-OH is 1. The maximum atomic E-state index is 12.1. The summed E-state index contributed by atoms with van der Waals surface area (Å²) in [4.78, 5) is 41.2. The van der Waals surface area contributed by atoms with Crippen LogP contribution in [0.1, 0.15) is 30.5 Å². The van der Waals surface area contributed by atoms with Crippen molar-refractivity contribution >= 4 is 5.91 Å². The molecule has 1 saturated heterocycles. The van der Waals surface area contributed by atoms with Crippen LogP contribution < -0.4 is 11.2 Å². The number of likely N-dealkylation sites (tertiary alicyclic amines) is 1. The zero-order chi connectivity index (χ0) is 14.7. The quantitative estimate of drug-likeness (QED) is 0.677. The molecule has 0 aliphatic carbocycles. The van der Waals surface area contributed by atoms with Gasteiger partial charge in [-0.25, -0.2) is 4.79 Å². The smallest absolute Gasteiger partial charge is 0.325 e. The number of rotatable bonds is 4. The Morgan fingerprint density at radius 3 is 2.80 bits per heavy atom. The highest BCUT2D eigenvalue weighted by molar-refractivity contribution is 5.77. The molecule has 20 heavy (non-hydrogen) atoms. The fourth-order valence-electron chi connectivity index (χ4n) is 2.66. The number of carbonyl (C=O) groups excluding carboxylic acids is 1. The summed E-state index contributed by atoms with van der Waals surface area (Å²) in [5, 5.41) is 9.20. The molecule has 1 aliphatic heterocycles. The summed E-state index contributed by atoms with van der Waals surface area (Å²) in [5.41, 5.74) is -0.0639. The second-order valence-electron chi connectivity index (χ2n) is 5.08. The molecule has 0 saturated carbocycles. The fourth-order valence-corrected chi connectivity index (χ4v) is 2.66. The molecule has 1 aromatic heterocycles. The molecular formula is C13H19N3O4. The minimum Gasteiger partial charge on any atom is -0.394 e. The molecule has 0 bridgehead atoms. The lowest BCUT2D eigenvalue weighted by Crippen LogP contribution is -2.38. The van der Waals surface area contributed by atoms with Gasteiger partial charge < -0.3 is 15.0 Å². The zero-order valence-corrected chi connectivity index (χ0v) is 11.4. The number of nitrogens with zero attached hydrogens (tertiary/aromatic N) is 1. The third-order valence-corrected chi connectivity index (χ3v) is 3.75. The van der Waals surface area contributed by atoms with Crippen LogP contribution in [0, 0.1) is 6.92 Å². The lowest BCUT2D eigenvalue weighted by atomic mass is 10.1. The minimum absolute atomic E-state index is 0.0238. The molecule has 0 radical (unpaired) electrons. The highest BCUT2D eigenvalue weighted by atomic mass is 16.3. The molecule has 1 aromatic rings. The number of nitrogens with one attached hydrogen (secondary N) is 2. The zero-order valence-electron chi connectivity index (χ0n) is 11.4. The van der Waals surface area contributed by atoms with Gasteiger partial charge in [0, 0.05) is 24.2 Å². The molecule has 2 heterocycles. The molecule has 7 nitrogen and oxygen atoms in total. The van der Waals surface area contributed by atoms with E-state index in [1.807, 2.05) is 0 Å². The first-order chi connectivity index (χ1) is 9.52. The van der Waals surface area contributed by atoms with Crippen molar-refractivity contribution in [3.63, 3.8) is 0 Å². The Morgan fingerprint density at radius 2 is 2.15 bits per heavy atom. The van der Waals surface area contributed by atoms with Crippen LogP contribution in [0.25, 0.3) is 0 Å². The Kier molecular flexibility index (Phi) is 4.39. The number of carbonyl (C=O) groups is 1. The number of amides is 1. The SMILES string of the molecule is Cc1[nH]c(=O)[nH]c(=O)c1CCC(=O)N1CCCC1CO. The van der Waals surface area contributed by atoms with Crippen molar-refractivity contribution < 1.29 is 9.90 Å². The molecule has 1 amide bonds. The van der Waals surface area contributed by atoms with E-state index in [0.717, 1.165) is 12.8 Å². The van der Waals surface area contributed by atoms with Crippen LogP contribution in [0.3, 0.4) is 0 Å². The summed E-state index contributed by atoms with van der Waals surface area (Å²) in [7, 11) is 0. The summed E-state index contributed by atoms with van der Waals surface area (Å²) in [6.45, 7) is 2.28. The van der Waals surface area contributed by atoms with E-state index < -0.39 is 11.2 Å². The Hall–Kier alpha value is -1.89. The van der Waals surface area contributed by atoms with E-state index in [1.165, 1.54) is 0 Å². The molecule has 1 aliphatic rings. The van der Waals surface area contributed by atoms with Gasteiger partial charge in [0.15, 0.2) is 0 Å². The van der Waals surface area contributed by atoms with E-state index in [-0.39, 0.29) is 31.4 Å². The van der Waals surface area contributed by atoms with Gasteiger partial charge >= 0.3 is 5.69 Å². The molecule has 3 N–H and O–H groups in total. The number of aromatic nitrogens is 2. The van der Waals surface area contributed by atoms with Gasteiger partial charge in [-0.1, -0.05) is 0 Å². The van der Waals surface area contributed by atoms with Gasteiger partial charge in [-0.15, -0.1) is 0 Å². The van der Waals surface area contributed by atoms with Crippen LogP contribution in [0.2, 0.25) is 0 Å². The first-order valence-corrected chi connectivity index (χ1v) is 6.75. The van der Waals surface area contributed by atoms with Crippen LogP contribution >= 0.6 is 0 Å². The van der Waals surface area contributed by atoms with Crippen LogP contribution in [0.5, 0.6) is 0 Å². The number of hydrogen-bond donors (Lipinski definition) is 3. The van der Waals surface area contributed by atoms with Crippen molar-refractivity contribution in [1.29, 1.82) is 0 Å². The van der Waals surface area contributed by atoms with Crippen molar-refractivity contribution in [2.75, 3.05) is 13.2 Å². The topological polar surface area (TPSA) is 106 Å². The van der Waals surface area contributed by atoms with E-state index >= 15 is 0 Å². The Balaban J connectivity index is 2.04. The van der Waals surface area contributed by atoms with Gasteiger partial charge in [-0.05, 0) is 26.2 Å². The van der Waals surface area contributed by atoms with E-state index in [9.17, 15) is 19.5 Å². The average Bonchev–Trinajstić information content (AvgIpc) is 2.85. The highest BCUT2D eigenvalue weighted by Gasteiger charge is 2.27. The Morgan fingerprint density at radius 1 is 1.40 bits per heavy atom. The molecule has 110 valence electrons. The van der Waals surface area contributed by atoms with E-state index in [1.54, 1.807) is 11.8 Å². The molecular weight excluding hydrogens is 262 g/mol. The van der Waals surface area contributed by atoms with Gasteiger partial charge in [0.25, 0.3) is 5.56 Å². The van der Waals surface area contributed by atoms with E-state index in [0.29, 0.717) is 17.8 Å². The number of aromatic amines is 2. The summed E-state index contributed by atoms with van der Waals surface area (Å²) >= 11 is 0. The molecule has 1 atom stereocenters.